The zero-order valence-electron chi connectivity index (χ0n) is 13.4. The Hall–Kier alpha value is -0.807. The molecule has 0 aromatic heterocycles. The van der Waals surface area contributed by atoms with E-state index in [1.165, 1.54) is 11.1 Å². The van der Waals surface area contributed by atoms with E-state index in [0.29, 0.717) is 9.54 Å². The van der Waals surface area contributed by atoms with E-state index in [9.17, 15) is 0 Å². The van der Waals surface area contributed by atoms with Crippen molar-refractivity contribution in [3.63, 3.8) is 0 Å². The van der Waals surface area contributed by atoms with Crippen molar-refractivity contribution in [3.8, 4) is 0 Å². The molecule has 1 heteroatoms. The van der Waals surface area contributed by atoms with Gasteiger partial charge in [-0.25, -0.2) is 0 Å². The Kier molecular flexibility index (Phi) is 4.41. The van der Waals surface area contributed by atoms with Gasteiger partial charge in [-0.05, 0) is 0 Å². The van der Waals surface area contributed by atoms with E-state index in [4.69, 9.17) is 0 Å². The van der Waals surface area contributed by atoms with Gasteiger partial charge in [0.2, 0.25) is 0 Å². The number of rotatable bonds is 3. The van der Waals surface area contributed by atoms with Gasteiger partial charge in [0.1, 0.15) is 0 Å². The van der Waals surface area contributed by atoms with Crippen LogP contribution in [0.4, 0.5) is 0 Å². The first-order valence-electron chi connectivity index (χ1n) is 7.92. The molecule has 2 unspecified atom stereocenters. The Bertz CT molecular complexity index is 667. The molecule has 1 aromatic carbocycles. The fourth-order valence-corrected chi connectivity index (χ4v) is 11.5. The molecule has 0 N–H and O–H groups in total. The van der Waals surface area contributed by atoms with Crippen LogP contribution in [0.2, 0.25) is 3.63 Å². The molecule has 21 heavy (non-hydrogen) atoms. The van der Waals surface area contributed by atoms with E-state index >= 15 is 0 Å². The molecule has 0 radical (unpaired) electrons. The summed E-state index contributed by atoms with van der Waals surface area (Å²) in [5.41, 5.74) is 4.55. The van der Waals surface area contributed by atoms with Crippen LogP contribution in [0, 0.1) is 5.92 Å². The van der Waals surface area contributed by atoms with Crippen LogP contribution in [0.1, 0.15) is 42.4 Å². The van der Waals surface area contributed by atoms with Gasteiger partial charge in [-0.3, -0.25) is 0 Å². The third-order valence-electron chi connectivity index (χ3n) is 4.61. The van der Waals surface area contributed by atoms with Gasteiger partial charge in [0.25, 0.3) is 0 Å². The molecule has 0 saturated carbocycles. The monoisotopic (exact) mass is 354 g/mol. The predicted octanol–water partition coefficient (Wildman–Crippen LogP) is 5.53. The number of hydrogen-bond donors (Lipinski definition) is 0. The standard InChI is InChI=1S/C9H7.C8H11.C3H6.Zr/c1-2-5-9-7-3-6-8(9)4-1;1-7(2)8-5-3-4-6-8;1-3-2;/h1-7H;3-7H,1-2H3;1-2H3;. The Labute approximate surface area is 136 Å². The summed E-state index contributed by atoms with van der Waals surface area (Å²) in [6, 6.07) is 8.96. The molecule has 2 atom stereocenters. The second-order valence-electron chi connectivity index (χ2n) is 6.63. The van der Waals surface area contributed by atoms with Crippen LogP contribution in [0.15, 0.2) is 54.1 Å². The average molecular weight is 356 g/mol. The predicted molar refractivity (Wildman–Crippen MR) is 90.4 cm³/mol. The van der Waals surface area contributed by atoms with Gasteiger partial charge in [0, 0.05) is 0 Å². The van der Waals surface area contributed by atoms with E-state index in [1.54, 1.807) is 8.77 Å². The molecule has 0 fully saturated rings. The van der Waals surface area contributed by atoms with Gasteiger partial charge < -0.3 is 0 Å². The molecule has 2 aliphatic rings. The molecular weight excluding hydrogens is 331 g/mol. The first-order chi connectivity index (χ1) is 10.1. The number of hydrogen-bond acceptors (Lipinski definition) is 0. The van der Waals surface area contributed by atoms with Gasteiger partial charge in [-0.2, -0.15) is 0 Å². The van der Waals surface area contributed by atoms with Gasteiger partial charge in [-0.15, -0.1) is 0 Å². The van der Waals surface area contributed by atoms with Crippen molar-refractivity contribution in [2.45, 2.75) is 34.9 Å². The van der Waals surface area contributed by atoms with E-state index in [-0.39, 0.29) is 0 Å². The summed E-state index contributed by atoms with van der Waals surface area (Å²) < 4.78 is 3.17. The van der Waals surface area contributed by atoms with Crippen molar-refractivity contribution in [1.29, 1.82) is 0 Å². The second-order valence-corrected chi connectivity index (χ2v) is 14.5. The summed E-state index contributed by atoms with van der Waals surface area (Å²) in [5.74, 6) is 0.652. The first-order valence-corrected chi connectivity index (χ1v) is 12.0. The zero-order valence-corrected chi connectivity index (χ0v) is 15.9. The maximum atomic E-state index is 2.57. The normalized spacial score (nSPS) is 22.6. The molecule has 0 amide bonds. The van der Waals surface area contributed by atoms with Crippen LogP contribution in [0.3, 0.4) is 0 Å². The number of benzene rings is 1. The van der Waals surface area contributed by atoms with Crippen LogP contribution in [-0.4, -0.2) is 3.21 Å². The van der Waals surface area contributed by atoms with Crippen molar-refractivity contribution in [2.24, 2.45) is 5.92 Å². The summed E-state index contributed by atoms with van der Waals surface area (Å²) in [7, 11) is 0. The van der Waals surface area contributed by atoms with Crippen LogP contribution in [-0.2, 0) is 21.3 Å². The Morgan fingerprint density at radius 3 is 2.48 bits per heavy atom. The zero-order chi connectivity index (χ0) is 15.0. The quantitative estimate of drug-likeness (QED) is 0.669. The summed E-state index contributed by atoms with van der Waals surface area (Å²) in [5, 5.41) is 0. The van der Waals surface area contributed by atoms with Crippen molar-refractivity contribution in [2.75, 3.05) is 0 Å². The molecule has 2 aliphatic carbocycles. The van der Waals surface area contributed by atoms with E-state index in [1.807, 2.05) is 0 Å². The summed E-state index contributed by atoms with van der Waals surface area (Å²) in [6.07, 6.45) is 12.3. The molecule has 0 spiro atoms. The van der Waals surface area contributed by atoms with Crippen LogP contribution < -0.4 is 0 Å². The van der Waals surface area contributed by atoms with Crippen LogP contribution in [0.5, 0.6) is 0 Å². The fraction of sp³-hybridized carbons (Fsp3) is 0.350. The van der Waals surface area contributed by atoms with Crippen molar-refractivity contribution in [1.82, 2.24) is 0 Å². The minimum absolute atomic E-state index is 0.652. The van der Waals surface area contributed by atoms with Gasteiger partial charge in [0.05, 0.1) is 0 Å². The third kappa shape index (κ3) is 2.90. The van der Waals surface area contributed by atoms with Gasteiger partial charge >= 0.3 is 137 Å². The molecule has 0 heterocycles. The van der Waals surface area contributed by atoms with Crippen molar-refractivity contribution in [3.05, 3.63) is 65.3 Å². The fourth-order valence-electron chi connectivity index (χ4n) is 3.48. The Balaban J connectivity index is 1.98. The van der Waals surface area contributed by atoms with Crippen molar-refractivity contribution < 1.29 is 21.3 Å². The molecule has 1 aromatic rings. The summed E-state index contributed by atoms with van der Waals surface area (Å²) >= 11 is -1.74. The van der Waals surface area contributed by atoms with E-state index in [2.05, 4.69) is 82.3 Å². The maximum absolute atomic E-state index is 2.57. The van der Waals surface area contributed by atoms with Crippen LogP contribution in [0.25, 0.3) is 6.08 Å². The van der Waals surface area contributed by atoms with Crippen molar-refractivity contribution >= 4 is 9.28 Å². The van der Waals surface area contributed by atoms with Gasteiger partial charge in [-0.1, -0.05) is 0 Å². The van der Waals surface area contributed by atoms with Gasteiger partial charge in [0.15, 0.2) is 0 Å². The Morgan fingerprint density at radius 1 is 1.05 bits per heavy atom. The SMILES string of the molecule is C[C](C)=[Zr]([CH]1C=CC(C(C)C)=C1)[CH]1C=Cc2ccccc21. The molecular formula is C20H24Zr. The van der Waals surface area contributed by atoms with Crippen LogP contribution >= 0.6 is 0 Å². The third-order valence-corrected chi connectivity index (χ3v) is 13.0. The first kappa shape index (κ1) is 15.1. The molecule has 108 valence electrons. The molecule has 0 saturated heterocycles. The molecule has 3 rings (SSSR count). The summed E-state index contributed by atoms with van der Waals surface area (Å²) in [6.45, 7) is 9.35. The van der Waals surface area contributed by atoms with E-state index < -0.39 is 21.3 Å². The number of fused-ring (bicyclic) bond motifs is 1. The second kappa shape index (κ2) is 6.13. The van der Waals surface area contributed by atoms with E-state index in [0.717, 1.165) is 3.63 Å². The molecule has 0 aliphatic heterocycles. The molecule has 0 bridgehead atoms. The average Bonchev–Trinajstić information content (AvgIpc) is 3.07. The summed E-state index contributed by atoms with van der Waals surface area (Å²) in [4.78, 5) is 0. The minimum atomic E-state index is -1.74. The molecule has 0 nitrogen and oxygen atoms in total. The number of allylic oxidation sites excluding steroid dienone is 5. The topological polar surface area (TPSA) is 0 Å². The Morgan fingerprint density at radius 2 is 1.81 bits per heavy atom.